The van der Waals surface area contributed by atoms with Crippen molar-refractivity contribution in [1.29, 1.82) is 0 Å². The number of amides is 1. The predicted molar refractivity (Wildman–Crippen MR) is 80.7 cm³/mol. The summed E-state index contributed by atoms with van der Waals surface area (Å²) in [5, 5.41) is 0.603. The molecule has 110 valence electrons. The predicted octanol–water partition coefficient (Wildman–Crippen LogP) is 3.86. The van der Waals surface area contributed by atoms with Crippen molar-refractivity contribution < 1.29 is 14.4 Å². The Kier molecular flexibility index (Phi) is 5.69. The molecule has 1 aromatic carbocycles. The maximum absolute atomic E-state index is 11.9. The number of hydroxylamine groups is 1. The topological polar surface area (TPSA) is 47.6 Å². The molecule has 0 bridgehead atoms. The molecule has 0 spiro atoms. The molecule has 0 aliphatic heterocycles. The van der Waals surface area contributed by atoms with Crippen LogP contribution in [-0.2, 0) is 9.63 Å². The fourth-order valence-electron chi connectivity index (χ4n) is 2.05. The highest BCUT2D eigenvalue weighted by Crippen LogP contribution is 2.28. The maximum Gasteiger partial charge on any atom is 0.284 e. The quantitative estimate of drug-likeness (QED) is 0.809. The average molecular weight is 363 g/mol. The van der Waals surface area contributed by atoms with Gasteiger partial charge in [0.2, 0.25) is 0 Å². The zero-order valence-corrected chi connectivity index (χ0v) is 13.5. The fraction of sp³-hybridized carbons (Fsp3) is 0.500. The normalized spacial score (nSPS) is 16.9. The highest BCUT2D eigenvalue weighted by atomic mass is 79.9. The van der Waals surface area contributed by atoms with Crippen LogP contribution >= 0.6 is 27.5 Å². The number of hydrogen-bond acceptors (Lipinski definition) is 3. The van der Waals surface area contributed by atoms with E-state index in [2.05, 4.69) is 21.4 Å². The number of nitrogens with one attached hydrogen (secondary N) is 1. The third-order valence-electron chi connectivity index (χ3n) is 3.20. The lowest BCUT2D eigenvalue weighted by atomic mass is 10.3. The van der Waals surface area contributed by atoms with Crippen LogP contribution in [0.15, 0.2) is 22.7 Å². The summed E-state index contributed by atoms with van der Waals surface area (Å²) in [5.74, 6) is 0.275. The molecule has 1 aliphatic carbocycles. The second-order valence-electron chi connectivity index (χ2n) is 4.83. The summed E-state index contributed by atoms with van der Waals surface area (Å²) in [6.45, 7) is 1.67. The third-order valence-corrected chi connectivity index (χ3v) is 4.05. The molecular weight excluding hydrogens is 346 g/mol. The lowest BCUT2D eigenvalue weighted by molar-refractivity contribution is -0.144. The first kappa shape index (κ1) is 15.6. The van der Waals surface area contributed by atoms with Crippen LogP contribution in [-0.4, -0.2) is 18.1 Å². The number of benzene rings is 1. The summed E-state index contributed by atoms with van der Waals surface area (Å²) in [6.07, 6.45) is 3.80. The number of carbonyl (C=O) groups is 1. The molecule has 1 aliphatic rings. The van der Waals surface area contributed by atoms with Crippen LogP contribution in [0.2, 0.25) is 5.02 Å². The minimum absolute atomic E-state index is 0.133. The number of carbonyl (C=O) groups excluding carboxylic acids is 1. The zero-order chi connectivity index (χ0) is 14.5. The van der Waals surface area contributed by atoms with Crippen LogP contribution in [0, 0.1) is 0 Å². The number of rotatable bonds is 5. The Labute approximate surface area is 131 Å². The van der Waals surface area contributed by atoms with E-state index in [9.17, 15) is 4.79 Å². The minimum Gasteiger partial charge on any atom is -0.480 e. The number of ether oxygens (including phenoxy) is 1. The lowest BCUT2D eigenvalue weighted by Gasteiger charge is -2.17. The SMILES string of the molecule is CC(Oc1ccc(Cl)cc1Br)C(=O)NOC1CCCC1. The summed E-state index contributed by atoms with van der Waals surface area (Å²) < 4.78 is 6.29. The molecular formula is C14H17BrClNO3. The van der Waals surface area contributed by atoms with Gasteiger partial charge in [-0.25, -0.2) is 5.48 Å². The molecule has 1 amide bonds. The Morgan fingerprint density at radius 1 is 1.45 bits per heavy atom. The van der Waals surface area contributed by atoms with Crippen molar-refractivity contribution in [3.8, 4) is 5.75 Å². The van der Waals surface area contributed by atoms with Crippen LogP contribution in [0.5, 0.6) is 5.75 Å². The van der Waals surface area contributed by atoms with Gasteiger partial charge in [0.05, 0.1) is 10.6 Å². The molecule has 4 nitrogen and oxygen atoms in total. The molecule has 1 atom stereocenters. The molecule has 1 N–H and O–H groups in total. The van der Waals surface area contributed by atoms with E-state index in [-0.39, 0.29) is 12.0 Å². The highest BCUT2D eigenvalue weighted by molar-refractivity contribution is 9.10. The minimum atomic E-state index is -0.645. The van der Waals surface area contributed by atoms with E-state index in [1.54, 1.807) is 25.1 Å². The molecule has 0 radical (unpaired) electrons. The van der Waals surface area contributed by atoms with Crippen LogP contribution in [0.3, 0.4) is 0 Å². The Morgan fingerprint density at radius 2 is 2.15 bits per heavy atom. The maximum atomic E-state index is 11.9. The van der Waals surface area contributed by atoms with Gasteiger partial charge < -0.3 is 4.74 Å². The first-order valence-electron chi connectivity index (χ1n) is 6.63. The van der Waals surface area contributed by atoms with Crippen molar-refractivity contribution in [2.45, 2.75) is 44.8 Å². The van der Waals surface area contributed by atoms with Crippen LogP contribution in [0.4, 0.5) is 0 Å². The summed E-state index contributed by atoms with van der Waals surface area (Å²) in [5.41, 5.74) is 2.47. The first-order valence-corrected chi connectivity index (χ1v) is 7.80. The summed E-state index contributed by atoms with van der Waals surface area (Å²) in [6, 6.07) is 5.14. The van der Waals surface area contributed by atoms with Crippen molar-refractivity contribution in [2.24, 2.45) is 0 Å². The van der Waals surface area contributed by atoms with Crippen molar-refractivity contribution >= 4 is 33.4 Å². The Balaban J connectivity index is 1.83. The largest absolute Gasteiger partial charge is 0.480 e. The van der Waals surface area contributed by atoms with Gasteiger partial charge in [-0.05, 0) is 53.9 Å². The van der Waals surface area contributed by atoms with Gasteiger partial charge in [0.15, 0.2) is 6.10 Å². The second kappa shape index (κ2) is 7.29. The summed E-state index contributed by atoms with van der Waals surface area (Å²) in [7, 11) is 0. The van der Waals surface area contributed by atoms with Gasteiger partial charge in [0.25, 0.3) is 5.91 Å². The van der Waals surface area contributed by atoms with E-state index in [0.29, 0.717) is 15.2 Å². The fourth-order valence-corrected chi connectivity index (χ4v) is 2.82. The molecule has 1 saturated carbocycles. The van der Waals surface area contributed by atoms with Gasteiger partial charge in [-0.3, -0.25) is 9.63 Å². The molecule has 1 aromatic rings. The molecule has 0 aromatic heterocycles. The summed E-state index contributed by atoms with van der Waals surface area (Å²) in [4.78, 5) is 17.2. The molecule has 1 unspecified atom stereocenters. The van der Waals surface area contributed by atoms with Crippen LogP contribution < -0.4 is 10.2 Å². The van der Waals surface area contributed by atoms with Gasteiger partial charge in [-0.1, -0.05) is 24.4 Å². The Hall–Kier alpha value is -0.780. The van der Waals surface area contributed by atoms with E-state index in [1.165, 1.54) is 0 Å². The van der Waals surface area contributed by atoms with Gasteiger partial charge in [0.1, 0.15) is 5.75 Å². The van der Waals surface area contributed by atoms with Gasteiger partial charge in [0, 0.05) is 5.02 Å². The molecule has 20 heavy (non-hydrogen) atoms. The summed E-state index contributed by atoms with van der Waals surface area (Å²) >= 11 is 9.20. The van der Waals surface area contributed by atoms with E-state index in [0.717, 1.165) is 25.7 Å². The first-order chi connectivity index (χ1) is 9.56. The van der Waals surface area contributed by atoms with Gasteiger partial charge >= 0.3 is 0 Å². The third kappa shape index (κ3) is 4.36. The van der Waals surface area contributed by atoms with Gasteiger partial charge in [-0.15, -0.1) is 0 Å². The number of hydrogen-bond donors (Lipinski definition) is 1. The van der Waals surface area contributed by atoms with Crippen LogP contribution in [0.25, 0.3) is 0 Å². The van der Waals surface area contributed by atoms with Gasteiger partial charge in [-0.2, -0.15) is 0 Å². The Morgan fingerprint density at radius 3 is 2.80 bits per heavy atom. The van der Waals surface area contributed by atoms with E-state index < -0.39 is 6.10 Å². The number of halogens is 2. The Bertz CT molecular complexity index is 477. The molecule has 1 fully saturated rings. The zero-order valence-electron chi connectivity index (χ0n) is 11.2. The molecule has 6 heteroatoms. The van der Waals surface area contributed by atoms with Crippen molar-refractivity contribution in [2.75, 3.05) is 0 Å². The van der Waals surface area contributed by atoms with E-state index >= 15 is 0 Å². The lowest BCUT2D eigenvalue weighted by Crippen LogP contribution is -2.38. The molecule has 0 heterocycles. The molecule has 2 rings (SSSR count). The average Bonchev–Trinajstić information content (AvgIpc) is 2.92. The highest BCUT2D eigenvalue weighted by Gasteiger charge is 2.20. The smallest absolute Gasteiger partial charge is 0.284 e. The van der Waals surface area contributed by atoms with Crippen molar-refractivity contribution in [1.82, 2.24) is 5.48 Å². The van der Waals surface area contributed by atoms with E-state index in [1.807, 2.05) is 0 Å². The van der Waals surface area contributed by atoms with E-state index in [4.69, 9.17) is 21.2 Å². The van der Waals surface area contributed by atoms with Crippen molar-refractivity contribution in [3.05, 3.63) is 27.7 Å². The second-order valence-corrected chi connectivity index (χ2v) is 6.12. The van der Waals surface area contributed by atoms with Crippen molar-refractivity contribution in [3.63, 3.8) is 0 Å². The monoisotopic (exact) mass is 361 g/mol. The van der Waals surface area contributed by atoms with Crippen LogP contribution in [0.1, 0.15) is 32.6 Å². The molecule has 0 saturated heterocycles. The standard InChI is InChI=1S/C14H17BrClNO3/c1-9(14(18)17-20-11-4-2-3-5-11)19-13-7-6-10(16)8-12(13)15/h6-9,11H,2-5H2,1H3,(H,17,18).